The first-order valence-electron chi connectivity index (χ1n) is 6.50. The fraction of sp³-hybridized carbons (Fsp3) is 0.125. The SMILES string of the molecule is CN(C)c1cccc(C(=O)Nc2ccc(Br)cc2C(=O)O)c1. The maximum Gasteiger partial charge on any atom is 0.337 e. The fourth-order valence-corrected chi connectivity index (χ4v) is 2.28. The van der Waals surface area contributed by atoms with Crippen LogP contribution in [0.1, 0.15) is 20.7 Å². The number of rotatable bonds is 4. The number of amides is 1. The van der Waals surface area contributed by atoms with Crippen molar-refractivity contribution in [2.24, 2.45) is 0 Å². The minimum atomic E-state index is -1.10. The minimum Gasteiger partial charge on any atom is -0.478 e. The van der Waals surface area contributed by atoms with Gasteiger partial charge in [-0.1, -0.05) is 22.0 Å². The number of benzene rings is 2. The highest BCUT2D eigenvalue weighted by atomic mass is 79.9. The van der Waals surface area contributed by atoms with Gasteiger partial charge in [-0.2, -0.15) is 0 Å². The van der Waals surface area contributed by atoms with Gasteiger partial charge in [0.1, 0.15) is 0 Å². The molecule has 0 spiro atoms. The van der Waals surface area contributed by atoms with Crippen molar-refractivity contribution in [2.45, 2.75) is 0 Å². The molecular formula is C16H15BrN2O3. The third-order valence-electron chi connectivity index (χ3n) is 3.08. The zero-order valence-electron chi connectivity index (χ0n) is 12.1. The van der Waals surface area contributed by atoms with Crippen LogP contribution in [0.15, 0.2) is 46.9 Å². The summed E-state index contributed by atoms with van der Waals surface area (Å²) in [6.45, 7) is 0. The number of carboxylic acids is 1. The highest BCUT2D eigenvalue weighted by molar-refractivity contribution is 9.10. The maximum atomic E-state index is 12.3. The molecule has 2 aromatic rings. The van der Waals surface area contributed by atoms with Crippen LogP contribution in [-0.4, -0.2) is 31.1 Å². The molecule has 0 heterocycles. The molecule has 22 heavy (non-hydrogen) atoms. The van der Waals surface area contributed by atoms with E-state index >= 15 is 0 Å². The highest BCUT2D eigenvalue weighted by Crippen LogP contribution is 2.22. The largest absolute Gasteiger partial charge is 0.478 e. The van der Waals surface area contributed by atoms with E-state index in [1.807, 2.05) is 25.1 Å². The Kier molecular flexibility index (Phi) is 4.82. The molecule has 0 aliphatic carbocycles. The van der Waals surface area contributed by atoms with Gasteiger partial charge >= 0.3 is 5.97 Å². The van der Waals surface area contributed by atoms with Crippen LogP contribution < -0.4 is 10.2 Å². The monoisotopic (exact) mass is 362 g/mol. The summed E-state index contributed by atoms with van der Waals surface area (Å²) in [7, 11) is 3.77. The number of halogens is 1. The summed E-state index contributed by atoms with van der Waals surface area (Å²) < 4.78 is 0.637. The van der Waals surface area contributed by atoms with Crippen LogP contribution in [0.4, 0.5) is 11.4 Å². The highest BCUT2D eigenvalue weighted by Gasteiger charge is 2.14. The van der Waals surface area contributed by atoms with E-state index in [-0.39, 0.29) is 17.2 Å². The van der Waals surface area contributed by atoms with Crippen molar-refractivity contribution in [1.82, 2.24) is 0 Å². The van der Waals surface area contributed by atoms with Crippen molar-refractivity contribution in [1.29, 1.82) is 0 Å². The van der Waals surface area contributed by atoms with Gasteiger partial charge in [0.15, 0.2) is 0 Å². The molecule has 0 aliphatic rings. The fourth-order valence-electron chi connectivity index (χ4n) is 1.92. The smallest absolute Gasteiger partial charge is 0.337 e. The van der Waals surface area contributed by atoms with Crippen LogP contribution in [0.25, 0.3) is 0 Å². The van der Waals surface area contributed by atoms with E-state index in [0.29, 0.717) is 10.0 Å². The average molecular weight is 363 g/mol. The average Bonchev–Trinajstić information content (AvgIpc) is 2.48. The van der Waals surface area contributed by atoms with Gasteiger partial charge in [-0.15, -0.1) is 0 Å². The van der Waals surface area contributed by atoms with E-state index in [9.17, 15) is 14.7 Å². The van der Waals surface area contributed by atoms with Crippen molar-refractivity contribution in [3.8, 4) is 0 Å². The predicted molar refractivity (Wildman–Crippen MR) is 89.8 cm³/mol. The summed E-state index contributed by atoms with van der Waals surface area (Å²) in [5.41, 5.74) is 1.65. The minimum absolute atomic E-state index is 0.0338. The molecule has 0 saturated heterocycles. The lowest BCUT2D eigenvalue weighted by Crippen LogP contribution is -2.16. The second kappa shape index (κ2) is 6.62. The number of aromatic carboxylic acids is 1. The van der Waals surface area contributed by atoms with Crippen LogP contribution in [0.2, 0.25) is 0 Å². The summed E-state index contributed by atoms with van der Waals surface area (Å²) in [4.78, 5) is 25.5. The van der Waals surface area contributed by atoms with Gasteiger partial charge in [-0.05, 0) is 36.4 Å². The molecule has 0 saturated carbocycles. The predicted octanol–water partition coefficient (Wildman–Crippen LogP) is 3.47. The van der Waals surface area contributed by atoms with Crippen molar-refractivity contribution < 1.29 is 14.7 Å². The maximum absolute atomic E-state index is 12.3. The van der Waals surface area contributed by atoms with Gasteiger partial charge < -0.3 is 15.3 Å². The van der Waals surface area contributed by atoms with Gasteiger partial charge in [0, 0.05) is 29.8 Å². The molecular weight excluding hydrogens is 348 g/mol. The van der Waals surface area contributed by atoms with Crippen LogP contribution in [0.3, 0.4) is 0 Å². The number of nitrogens with zero attached hydrogens (tertiary/aromatic N) is 1. The molecule has 0 radical (unpaired) electrons. The van der Waals surface area contributed by atoms with Gasteiger partial charge in [0.2, 0.25) is 0 Å². The number of hydrogen-bond donors (Lipinski definition) is 2. The number of carbonyl (C=O) groups is 2. The quantitative estimate of drug-likeness (QED) is 0.873. The lowest BCUT2D eigenvalue weighted by molar-refractivity contribution is 0.0698. The summed E-state index contributed by atoms with van der Waals surface area (Å²) >= 11 is 3.22. The van der Waals surface area contributed by atoms with E-state index in [1.165, 1.54) is 6.07 Å². The lowest BCUT2D eigenvalue weighted by Gasteiger charge is -2.14. The Morgan fingerprint density at radius 1 is 1.14 bits per heavy atom. The van der Waals surface area contributed by atoms with E-state index in [2.05, 4.69) is 21.2 Å². The van der Waals surface area contributed by atoms with E-state index in [4.69, 9.17) is 0 Å². The Morgan fingerprint density at radius 3 is 2.50 bits per heavy atom. The van der Waals surface area contributed by atoms with E-state index in [1.54, 1.807) is 30.3 Å². The summed E-state index contributed by atoms with van der Waals surface area (Å²) in [5.74, 6) is -1.45. The summed E-state index contributed by atoms with van der Waals surface area (Å²) in [6.07, 6.45) is 0. The zero-order chi connectivity index (χ0) is 16.3. The van der Waals surface area contributed by atoms with E-state index in [0.717, 1.165) is 5.69 Å². The second-order valence-electron chi connectivity index (χ2n) is 4.89. The van der Waals surface area contributed by atoms with Gasteiger partial charge in [0.25, 0.3) is 5.91 Å². The first kappa shape index (κ1) is 16.0. The van der Waals surface area contributed by atoms with E-state index < -0.39 is 5.97 Å². The molecule has 0 aromatic heterocycles. The summed E-state index contributed by atoms with van der Waals surface area (Å²) in [6, 6.07) is 11.8. The molecule has 0 bridgehead atoms. The molecule has 0 atom stereocenters. The first-order chi connectivity index (χ1) is 10.4. The molecule has 114 valence electrons. The van der Waals surface area contributed by atoms with Gasteiger partial charge in [-0.3, -0.25) is 4.79 Å². The molecule has 0 aliphatic heterocycles. The molecule has 6 heteroatoms. The summed E-state index contributed by atoms with van der Waals surface area (Å²) in [5, 5.41) is 11.9. The Morgan fingerprint density at radius 2 is 1.86 bits per heavy atom. The molecule has 5 nitrogen and oxygen atoms in total. The van der Waals surface area contributed by atoms with Crippen LogP contribution >= 0.6 is 15.9 Å². The van der Waals surface area contributed by atoms with Gasteiger partial charge in [-0.25, -0.2) is 4.79 Å². The molecule has 0 unspecified atom stereocenters. The second-order valence-corrected chi connectivity index (χ2v) is 5.81. The number of hydrogen-bond acceptors (Lipinski definition) is 3. The first-order valence-corrected chi connectivity index (χ1v) is 7.29. The molecule has 1 amide bonds. The van der Waals surface area contributed by atoms with Crippen LogP contribution in [-0.2, 0) is 0 Å². The number of nitrogens with one attached hydrogen (secondary N) is 1. The third-order valence-corrected chi connectivity index (χ3v) is 3.58. The van der Waals surface area contributed by atoms with Crippen molar-refractivity contribution in [3.63, 3.8) is 0 Å². The standard InChI is InChI=1S/C16H15BrN2O3/c1-19(2)12-5-3-4-10(8-12)15(20)18-14-7-6-11(17)9-13(14)16(21)22/h3-9H,1-2H3,(H,18,20)(H,21,22). The Hall–Kier alpha value is -2.34. The Labute approximate surface area is 136 Å². The number of carbonyl (C=O) groups excluding carboxylic acids is 1. The van der Waals surface area contributed by atoms with Gasteiger partial charge in [0.05, 0.1) is 11.3 Å². The number of anilines is 2. The third kappa shape index (κ3) is 3.65. The topological polar surface area (TPSA) is 69.6 Å². The number of carboxylic acid groups (broad SMARTS) is 1. The van der Waals surface area contributed by atoms with Crippen molar-refractivity contribution >= 4 is 39.2 Å². The molecule has 0 fully saturated rings. The normalized spacial score (nSPS) is 10.1. The van der Waals surface area contributed by atoms with Crippen LogP contribution in [0.5, 0.6) is 0 Å². The lowest BCUT2D eigenvalue weighted by atomic mass is 10.1. The molecule has 2 N–H and O–H groups in total. The molecule has 2 rings (SSSR count). The van der Waals surface area contributed by atoms with Crippen LogP contribution in [0, 0.1) is 0 Å². The van der Waals surface area contributed by atoms with Crippen molar-refractivity contribution in [3.05, 3.63) is 58.1 Å². The van der Waals surface area contributed by atoms with Crippen molar-refractivity contribution in [2.75, 3.05) is 24.3 Å². The zero-order valence-corrected chi connectivity index (χ0v) is 13.7. The Bertz CT molecular complexity index is 729. The Balaban J connectivity index is 2.29. The molecule has 2 aromatic carbocycles.